The maximum absolute atomic E-state index is 12.2. The number of rotatable bonds is 4. The molecule has 1 atom stereocenters. The Kier molecular flexibility index (Phi) is 3.39. The molecular formula is C16H14N2O3. The van der Waals surface area contributed by atoms with Gasteiger partial charge in [0.2, 0.25) is 0 Å². The first kappa shape index (κ1) is 13.3. The van der Waals surface area contributed by atoms with Crippen LogP contribution in [-0.2, 0) is 6.42 Å². The van der Waals surface area contributed by atoms with Crippen LogP contribution in [-0.4, -0.2) is 28.3 Å². The topological polar surface area (TPSA) is 63.2 Å². The summed E-state index contributed by atoms with van der Waals surface area (Å²) in [6, 6.07) is 16.0. The summed E-state index contributed by atoms with van der Waals surface area (Å²) in [6.45, 7) is 0.741. The zero-order chi connectivity index (χ0) is 14.8. The first-order chi connectivity index (χ1) is 10.1. The maximum atomic E-state index is 12.2. The second kappa shape index (κ2) is 5.36. The van der Waals surface area contributed by atoms with Gasteiger partial charge in [-0.25, -0.2) is 0 Å². The van der Waals surface area contributed by atoms with Crippen LogP contribution in [0.2, 0.25) is 0 Å². The van der Waals surface area contributed by atoms with E-state index in [-0.39, 0.29) is 17.6 Å². The number of non-ortho nitro benzene ring substituents is 1. The number of amides is 1. The predicted molar refractivity (Wildman–Crippen MR) is 78.1 cm³/mol. The highest BCUT2D eigenvalue weighted by Gasteiger charge is 2.38. The lowest BCUT2D eigenvalue weighted by Crippen LogP contribution is -2.14. The zero-order valence-corrected chi connectivity index (χ0v) is 11.3. The number of nitro groups is 1. The van der Waals surface area contributed by atoms with Gasteiger partial charge in [0.25, 0.3) is 11.6 Å². The van der Waals surface area contributed by atoms with Crippen molar-refractivity contribution in [2.45, 2.75) is 12.5 Å². The third kappa shape index (κ3) is 2.91. The van der Waals surface area contributed by atoms with Crippen molar-refractivity contribution in [2.75, 3.05) is 6.54 Å². The fourth-order valence-corrected chi connectivity index (χ4v) is 2.38. The molecule has 0 N–H and O–H groups in total. The second-order valence-electron chi connectivity index (χ2n) is 5.11. The molecule has 0 radical (unpaired) electrons. The van der Waals surface area contributed by atoms with Gasteiger partial charge in [0.1, 0.15) is 0 Å². The summed E-state index contributed by atoms with van der Waals surface area (Å²) in [5.74, 6) is -0.0640. The van der Waals surface area contributed by atoms with Crippen LogP contribution in [0.25, 0.3) is 0 Å². The van der Waals surface area contributed by atoms with Crippen LogP contribution in [0.4, 0.5) is 5.69 Å². The van der Waals surface area contributed by atoms with Gasteiger partial charge in [0.05, 0.1) is 11.0 Å². The van der Waals surface area contributed by atoms with Crippen molar-refractivity contribution in [3.8, 4) is 0 Å². The lowest BCUT2D eigenvalue weighted by Gasteiger charge is -2.04. The molecule has 21 heavy (non-hydrogen) atoms. The fraction of sp³-hybridized carbons (Fsp3) is 0.188. The van der Waals surface area contributed by atoms with Gasteiger partial charge in [-0.05, 0) is 24.1 Å². The molecule has 0 aliphatic carbocycles. The summed E-state index contributed by atoms with van der Waals surface area (Å²) in [5, 5.41) is 10.6. The lowest BCUT2D eigenvalue weighted by atomic mass is 10.1. The molecule has 0 spiro atoms. The third-order valence-corrected chi connectivity index (χ3v) is 3.61. The van der Waals surface area contributed by atoms with Crippen molar-refractivity contribution in [2.24, 2.45) is 0 Å². The van der Waals surface area contributed by atoms with Crippen LogP contribution in [0.1, 0.15) is 15.9 Å². The first-order valence-electron chi connectivity index (χ1n) is 6.74. The van der Waals surface area contributed by atoms with E-state index in [1.54, 1.807) is 4.90 Å². The van der Waals surface area contributed by atoms with E-state index < -0.39 is 4.92 Å². The minimum Gasteiger partial charge on any atom is -0.331 e. The third-order valence-electron chi connectivity index (χ3n) is 3.61. The van der Waals surface area contributed by atoms with Crippen molar-refractivity contribution in [1.29, 1.82) is 0 Å². The molecule has 1 aliphatic heterocycles. The quantitative estimate of drug-likeness (QED) is 0.492. The van der Waals surface area contributed by atoms with Gasteiger partial charge in [0, 0.05) is 24.2 Å². The number of carbonyl (C=O) groups is 1. The van der Waals surface area contributed by atoms with Crippen LogP contribution in [0.15, 0.2) is 54.6 Å². The lowest BCUT2D eigenvalue weighted by molar-refractivity contribution is -0.384. The molecule has 1 amide bonds. The van der Waals surface area contributed by atoms with Gasteiger partial charge in [0.15, 0.2) is 0 Å². The van der Waals surface area contributed by atoms with Crippen molar-refractivity contribution in [1.82, 2.24) is 4.90 Å². The average molecular weight is 282 g/mol. The molecule has 1 heterocycles. The Morgan fingerprint density at radius 3 is 2.43 bits per heavy atom. The highest BCUT2D eigenvalue weighted by Crippen LogP contribution is 2.25. The molecule has 2 aromatic rings. The molecular weight excluding hydrogens is 268 g/mol. The highest BCUT2D eigenvalue weighted by atomic mass is 16.6. The van der Waals surface area contributed by atoms with Crippen LogP contribution in [0.5, 0.6) is 0 Å². The number of benzene rings is 2. The molecule has 2 aromatic carbocycles. The van der Waals surface area contributed by atoms with Crippen molar-refractivity contribution < 1.29 is 9.72 Å². The van der Waals surface area contributed by atoms with E-state index in [4.69, 9.17) is 0 Å². The number of carbonyl (C=O) groups excluding carboxylic acids is 1. The number of nitro benzene ring substituents is 1. The number of hydrogen-bond acceptors (Lipinski definition) is 3. The molecule has 106 valence electrons. The van der Waals surface area contributed by atoms with Crippen LogP contribution in [0.3, 0.4) is 0 Å². The fourth-order valence-electron chi connectivity index (χ4n) is 2.38. The van der Waals surface area contributed by atoms with Crippen molar-refractivity contribution >= 4 is 11.6 Å². The Hall–Kier alpha value is -2.69. The largest absolute Gasteiger partial charge is 0.331 e. The number of hydrogen-bond donors (Lipinski definition) is 0. The van der Waals surface area contributed by atoms with E-state index in [0.29, 0.717) is 5.56 Å². The summed E-state index contributed by atoms with van der Waals surface area (Å²) in [7, 11) is 0. The van der Waals surface area contributed by atoms with Crippen LogP contribution >= 0.6 is 0 Å². The molecule has 5 heteroatoms. The summed E-state index contributed by atoms with van der Waals surface area (Å²) in [5.41, 5.74) is 1.70. The van der Waals surface area contributed by atoms with Gasteiger partial charge >= 0.3 is 0 Å². The minimum absolute atomic E-state index is 0.00168. The van der Waals surface area contributed by atoms with E-state index in [0.717, 1.165) is 13.0 Å². The Balaban J connectivity index is 1.63. The van der Waals surface area contributed by atoms with Crippen LogP contribution in [0, 0.1) is 10.1 Å². The zero-order valence-electron chi connectivity index (χ0n) is 11.3. The van der Waals surface area contributed by atoms with E-state index >= 15 is 0 Å². The molecule has 0 unspecified atom stereocenters. The van der Waals surface area contributed by atoms with Gasteiger partial charge < -0.3 is 4.90 Å². The standard InChI is InChI=1S/C16H14N2O3/c19-16(13-6-8-14(9-7-13)18(20)21)17-11-15(17)10-12-4-2-1-3-5-12/h1-9,15H,10-11H2/t15-,17?/m1/s1. The molecule has 1 aliphatic rings. The second-order valence-corrected chi connectivity index (χ2v) is 5.11. The van der Waals surface area contributed by atoms with Gasteiger partial charge in [-0.1, -0.05) is 30.3 Å². The Morgan fingerprint density at radius 1 is 1.14 bits per heavy atom. The molecule has 0 saturated carbocycles. The van der Waals surface area contributed by atoms with E-state index in [1.807, 2.05) is 30.3 Å². The van der Waals surface area contributed by atoms with E-state index in [1.165, 1.54) is 29.8 Å². The van der Waals surface area contributed by atoms with E-state index in [9.17, 15) is 14.9 Å². The SMILES string of the molecule is O=C(c1ccc([N+](=O)[O-])cc1)N1C[C@H]1Cc1ccccc1. The number of nitrogens with zero attached hydrogens (tertiary/aromatic N) is 2. The highest BCUT2D eigenvalue weighted by molar-refractivity contribution is 5.96. The summed E-state index contributed by atoms with van der Waals surface area (Å²) in [6.07, 6.45) is 0.847. The smallest absolute Gasteiger partial charge is 0.269 e. The first-order valence-corrected chi connectivity index (χ1v) is 6.74. The van der Waals surface area contributed by atoms with Gasteiger partial charge in [-0.3, -0.25) is 14.9 Å². The average Bonchev–Trinajstić information content (AvgIpc) is 3.27. The predicted octanol–water partition coefficient (Wildman–Crippen LogP) is 2.66. The molecule has 1 fully saturated rings. The Bertz CT molecular complexity index is 668. The summed E-state index contributed by atoms with van der Waals surface area (Å²) in [4.78, 5) is 24.2. The van der Waals surface area contributed by atoms with Gasteiger partial charge in [-0.2, -0.15) is 0 Å². The van der Waals surface area contributed by atoms with Crippen molar-refractivity contribution in [3.63, 3.8) is 0 Å². The molecule has 0 aromatic heterocycles. The Labute approximate surface area is 122 Å². The molecule has 0 bridgehead atoms. The molecule has 3 rings (SSSR count). The summed E-state index contributed by atoms with van der Waals surface area (Å²) >= 11 is 0. The monoisotopic (exact) mass is 282 g/mol. The molecule has 1 saturated heterocycles. The normalized spacial score (nSPS) is 16.6. The minimum atomic E-state index is -0.468. The maximum Gasteiger partial charge on any atom is 0.269 e. The van der Waals surface area contributed by atoms with Crippen molar-refractivity contribution in [3.05, 3.63) is 75.8 Å². The molecule has 5 nitrogen and oxygen atoms in total. The van der Waals surface area contributed by atoms with E-state index in [2.05, 4.69) is 0 Å². The summed E-state index contributed by atoms with van der Waals surface area (Å²) < 4.78 is 0. The van der Waals surface area contributed by atoms with Gasteiger partial charge in [-0.15, -0.1) is 0 Å². The van der Waals surface area contributed by atoms with Crippen LogP contribution < -0.4 is 0 Å². The Morgan fingerprint density at radius 2 is 1.81 bits per heavy atom.